The van der Waals surface area contributed by atoms with E-state index in [9.17, 15) is 23.8 Å². The van der Waals surface area contributed by atoms with Gasteiger partial charge < -0.3 is 57.6 Å². The zero-order valence-corrected chi connectivity index (χ0v) is 46.4. The van der Waals surface area contributed by atoms with Crippen LogP contribution in [0.1, 0.15) is 194 Å². The molecule has 0 radical (unpaired) electrons. The number of carbonyl (C=O) groups is 3. The normalized spacial score (nSPS) is 12.7. The molecule has 1 amide bonds. The maximum Gasteiger partial charge on any atom is 0.472 e. The molecule has 72 heavy (non-hydrogen) atoms. The molecule has 0 fully saturated rings. The minimum absolute atomic E-state index is 0.0198. The molecule has 19 heteroatoms. The first-order valence-electron chi connectivity index (χ1n) is 28.1. The summed E-state index contributed by atoms with van der Waals surface area (Å²) in [4.78, 5) is 47.8. The van der Waals surface area contributed by atoms with E-state index in [1.165, 1.54) is 116 Å². The van der Waals surface area contributed by atoms with Crippen molar-refractivity contribution < 1.29 is 80.3 Å². The molecule has 0 heterocycles. The van der Waals surface area contributed by atoms with Crippen LogP contribution < -0.4 is 5.32 Å². The van der Waals surface area contributed by atoms with Crippen LogP contribution in [0.25, 0.3) is 0 Å². The van der Waals surface area contributed by atoms with Gasteiger partial charge in [-0.1, -0.05) is 168 Å². The van der Waals surface area contributed by atoms with E-state index in [0.29, 0.717) is 92.1 Å². The van der Waals surface area contributed by atoms with Gasteiger partial charge in [0.05, 0.1) is 99.1 Å². The van der Waals surface area contributed by atoms with Crippen LogP contribution in [0.2, 0.25) is 0 Å². The molecular weight excluding hydrogens is 954 g/mol. The Labute approximate surface area is 435 Å². The van der Waals surface area contributed by atoms with Gasteiger partial charge in [0.25, 0.3) is 0 Å². The highest BCUT2D eigenvalue weighted by Gasteiger charge is 2.26. The maximum absolute atomic E-state index is 12.8. The fraction of sp³-hybridized carbons (Fsp3) is 0.943. The number of hydrogen-bond donors (Lipinski definition) is 2. The van der Waals surface area contributed by atoms with Gasteiger partial charge >= 0.3 is 25.9 Å². The van der Waals surface area contributed by atoms with Crippen molar-refractivity contribution in [3.05, 3.63) is 0 Å². The summed E-state index contributed by atoms with van der Waals surface area (Å²) in [6, 6.07) is 0. The van der Waals surface area contributed by atoms with Crippen molar-refractivity contribution >= 4 is 25.9 Å². The number of phosphoric acid groups is 1. The zero-order chi connectivity index (χ0) is 52.5. The van der Waals surface area contributed by atoms with Gasteiger partial charge in [-0.3, -0.25) is 18.6 Å². The Morgan fingerprint density at radius 3 is 1.15 bits per heavy atom. The second kappa shape index (κ2) is 56.8. The Morgan fingerprint density at radius 2 is 0.764 bits per heavy atom. The minimum Gasteiger partial charge on any atom is -0.462 e. The summed E-state index contributed by atoms with van der Waals surface area (Å²) >= 11 is 0. The third kappa shape index (κ3) is 55.8. The highest BCUT2D eigenvalue weighted by atomic mass is 31.2. The van der Waals surface area contributed by atoms with Crippen LogP contribution in [0.5, 0.6) is 0 Å². The molecule has 428 valence electrons. The number of amides is 1. The highest BCUT2D eigenvalue weighted by Crippen LogP contribution is 2.43. The fourth-order valence-corrected chi connectivity index (χ4v) is 8.06. The number of phosphoric ester groups is 1. The molecule has 0 saturated carbocycles. The quantitative estimate of drug-likeness (QED) is 0.0251. The molecule has 0 aromatic heterocycles. The number of alkyl carbamates (subject to hydrolysis) is 1. The summed E-state index contributed by atoms with van der Waals surface area (Å²) in [6.45, 7) is 8.67. The standard InChI is InChI=1S/C53H104NO17P/c1-4-6-8-10-12-14-16-18-20-22-24-26-28-30-51(55)68-48-50(71-52(56)31-29-27-25-23-21-19-17-15-13-11-9-7-5-2)49-70-72(58,59)69-33-32-54-53(57)67-47-46-66-45-44-65-43-42-64-41-40-63-39-38-62-37-36-61-35-34-60-3/h50H,4-49H2,1-3H3,(H,54,57)(H,58,59)/t50-/m1/s1. The van der Waals surface area contributed by atoms with Crippen LogP contribution in [-0.4, -0.2) is 155 Å². The van der Waals surface area contributed by atoms with Crippen molar-refractivity contribution in [1.82, 2.24) is 5.32 Å². The van der Waals surface area contributed by atoms with E-state index in [1.807, 2.05) is 0 Å². The number of rotatable bonds is 59. The van der Waals surface area contributed by atoms with Gasteiger partial charge in [-0.2, -0.15) is 0 Å². The molecule has 0 bridgehead atoms. The summed E-state index contributed by atoms with van der Waals surface area (Å²) < 4.78 is 76.2. The predicted octanol–water partition coefficient (Wildman–Crippen LogP) is 11.0. The monoisotopic (exact) mass is 1060 g/mol. The summed E-state index contributed by atoms with van der Waals surface area (Å²) in [5, 5.41) is 2.42. The summed E-state index contributed by atoms with van der Waals surface area (Å²) in [7, 11) is -3.00. The van der Waals surface area contributed by atoms with Crippen molar-refractivity contribution in [2.75, 3.05) is 126 Å². The van der Waals surface area contributed by atoms with Gasteiger partial charge in [0.1, 0.15) is 13.2 Å². The molecule has 0 aromatic rings. The van der Waals surface area contributed by atoms with Gasteiger partial charge in [-0.05, 0) is 12.8 Å². The first-order valence-corrected chi connectivity index (χ1v) is 29.6. The molecule has 0 aromatic carbocycles. The average molecular weight is 1060 g/mol. The van der Waals surface area contributed by atoms with E-state index >= 15 is 0 Å². The average Bonchev–Trinajstić information content (AvgIpc) is 3.37. The van der Waals surface area contributed by atoms with Gasteiger partial charge in [-0.25, -0.2) is 9.36 Å². The molecule has 0 rings (SSSR count). The first-order chi connectivity index (χ1) is 35.2. The third-order valence-electron chi connectivity index (χ3n) is 11.5. The lowest BCUT2D eigenvalue weighted by atomic mass is 10.0. The third-order valence-corrected chi connectivity index (χ3v) is 12.5. The first kappa shape index (κ1) is 70.0. The van der Waals surface area contributed by atoms with Gasteiger partial charge in [0, 0.05) is 26.5 Å². The van der Waals surface area contributed by atoms with Crippen molar-refractivity contribution in [3.63, 3.8) is 0 Å². The molecular formula is C53H104NO17P. The van der Waals surface area contributed by atoms with Crippen LogP contribution in [0.15, 0.2) is 0 Å². The molecule has 0 aliphatic heterocycles. The number of hydrogen-bond acceptors (Lipinski definition) is 16. The number of unbranched alkanes of at least 4 members (excludes halogenated alkanes) is 24. The Balaban J connectivity index is 4.32. The van der Waals surface area contributed by atoms with Crippen LogP contribution in [0, 0.1) is 0 Å². The number of esters is 2. The molecule has 2 atom stereocenters. The molecule has 1 unspecified atom stereocenters. The Hall–Kier alpha value is -1.96. The van der Waals surface area contributed by atoms with Gasteiger partial charge in [0.15, 0.2) is 6.10 Å². The Kier molecular flexibility index (Phi) is 55.2. The largest absolute Gasteiger partial charge is 0.472 e. The number of ether oxygens (including phenoxy) is 10. The fourth-order valence-electron chi connectivity index (χ4n) is 7.31. The molecule has 0 saturated heterocycles. The minimum atomic E-state index is -4.63. The summed E-state index contributed by atoms with van der Waals surface area (Å²) in [6.07, 6.45) is 29.4. The lowest BCUT2D eigenvalue weighted by Gasteiger charge is -2.20. The number of nitrogens with one attached hydrogen (secondary N) is 1. The van der Waals surface area contributed by atoms with Crippen LogP contribution in [0.4, 0.5) is 4.79 Å². The molecule has 0 aliphatic rings. The highest BCUT2D eigenvalue weighted by molar-refractivity contribution is 7.47. The maximum atomic E-state index is 12.8. The molecule has 0 aliphatic carbocycles. The van der Waals surface area contributed by atoms with Crippen LogP contribution in [-0.2, 0) is 70.6 Å². The number of carbonyl (C=O) groups excluding carboxylic acids is 3. The topological polar surface area (TPSA) is 211 Å². The second-order valence-electron chi connectivity index (χ2n) is 18.1. The predicted molar refractivity (Wildman–Crippen MR) is 279 cm³/mol. The lowest BCUT2D eigenvalue weighted by molar-refractivity contribution is -0.161. The molecule has 18 nitrogen and oxygen atoms in total. The molecule has 2 N–H and O–H groups in total. The van der Waals surface area contributed by atoms with E-state index in [2.05, 4.69) is 19.2 Å². The zero-order valence-electron chi connectivity index (χ0n) is 45.5. The summed E-state index contributed by atoms with van der Waals surface area (Å²) in [5.41, 5.74) is 0. The smallest absolute Gasteiger partial charge is 0.462 e. The van der Waals surface area contributed by atoms with Gasteiger partial charge in [-0.15, -0.1) is 0 Å². The van der Waals surface area contributed by atoms with Crippen molar-refractivity contribution in [3.8, 4) is 0 Å². The van der Waals surface area contributed by atoms with E-state index in [1.54, 1.807) is 7.11 Å². The SMILES string of the molecule is CCCCCCCCCCCCCCCC(=O)OC[C@H](COP(=O)(O)OCCNC(=O)OCCOCCOCCOCCOCCOCCOCCOC)OC(=O)CCCCCCCCCCCCCCC. The van der Waals surface area contributed by atoms with Gasteiger partial charge in [0.2, 0.25) is 0 Å². The Bertz CT molecular complexity index is 1220. The van der Waals surface area contributed by atoms with E-state index in [4.69, 9.17) is 56.4 Å². The number of methoxy groups -OCH3 is 1. The van der Waals surface area contributed by atoms with E-state index in [-0.39, 0.29) is 45.8 Å². The van der Waals surface area contributed by atoms with Crippen molar-refractivity contribution in [2.45, 2.75) is 200 Å². The Morgan fingerprint density at radius 1 is 0.417 bits per heavy atom. The molecule has 0 spiro atoms. The summed E-state index contributed by atoms with van der Waals surface area (Å²) in [5.74, 6) is -0.924. The van der Waals surface area contributed by atoms with Crippen LogP contribution >= 0.6 is 7.82 Å². The van der Waals surface area contributed by atoms with E-state index in [0.717, 1.165) is 38.5 Å². The van der Waals surface area contributed by atoms with E-state index < -0.39 is 38.6 Å². The van der Waals surface area contributed by atoms with Crippen molar-refractivity contribution in [2.24, 2.45) is 0 Å². The second-order valence-corrected chi connectivity index (χ2v) is 19.6. The lowest BCUT2D eigenvalue weighted by Crippen LogP contribution is -2.30. The van der Waals surface area contributed by atoms with Crippen LogP contribution in [0.3, 0.4) is 0 Å². The van der Waals surface area contributed by atoms with Crippen molar-refractivity contribution in [1.29, 1.82) is 0 Å².